The smallest absolute Gasteiger partial charge is 0.261 e. The van der Waals surface area contributed by atoms with Gasteiger partial charge in [-0.3, -0.25) is 19.3 Å². The van der Waals surface area contributed by atoms with E-state index >= 15 is 0 Å². The number of fused-ring (bicyclic) bond motifs is 2. The number of hydrogen-bond acceptors (Lipinski definition) is 4. The van der Waals surface area contributed by atoms with Gasteiger partial charge in [0.05, 0.1) is 16.6 Å². The first-order chi connectivity index (χ1) is 17.5. The minimum Gasteiger partial charge on any atom is -0.342 e. The van der Waals surface area contributed by atoms with Crippen LogP contribution < -0.4 is 5.56 Å². The first-order valence-corrected chi connectivity index (χ1v) is 12.6. The molecule has 1 N–H and O–H groups in total. The van der Waals surface area contributed by atoms with E-state index in [1.807, 2.05) is 10.6 Å². The third kappa shape index (κ3) is 5.08. The van der Waals surface area contributed by atoms with E-state index in [9.17, 15) is 14.0 Å². The van der Waals surface area contributed by atoms with Gasteiger partial charge in [-0.05, 0) is 74.2 Å². The molecular formula is C28H30FN5O2. The average Bonchev–Trinajstić information content (AvgIpc) is 3.34. The van der Waals surface area contributed by atoms with Gasteiger partial charge in [0.1, 0.15) is 11.6 Å². The summed E-state index contributed by atoms with van der Waals surface area (Å²) in [5.74, 6) is 0.453. The van der Waals surface area contributed by atoms with Crippen LogP contribution in [-0.4, -0.2) is 44.1 Å². The Morgan fingerprint density at radius 3 is 2.72 bits per heavy atom. The molecule has 1 aliphatic rings. The van der Waals surface area contributed by atoms with Crippen LogP contribution in [0.5, 0.6) is 0 Å². The van der Waals surface area contributed by atoms with Crippen LogP contribution >= 0.6 is 0 Å². The Morgan fingerprint density at radius 1 is 1.08 bits per heavy atom. The van der Waals surface area contributed by atoms with E-state index in [0.29, 0.717) is 29.6 Å². The zero-order valence-corrected chi connectivity index (χ0v) is 20.5. The van der Waals surface area contributed by atoms with Gasteiger partial charge in [-0.1, -0.05) is 12.8 Å². The van der Waals surface area contributed by atoms with E-state index in [-0.39, 0.29) is 17.3 Å². The molecule has 0 saturated carbocycles. The number of aromatic nitrogens is 4. The largest absolute Gasteiger partial charge is 0.342 e. The topological polar surface area (TPSA) is 83.9 Å². The molecule has 0 saturated heterocycles. The molecule has 186 valence electrons. The molecule has 8 heteroatoms. The lowest BCUT2D eigenvalue weighted by atomic mass is 10.1. The van der Waals surface area contributed by atoms with Crippen molar-refractivity contribution >= 4 is 16.8 Å². The van der Waals surface area contributed by atoms with Crippen LogP contribution in [0.15, 0.2) is 53.3 Å². The van der Waals surface area contributed by atoms with Crippen molar-refractivity contribution in [3.8, 4) is 11.3 Å². The van der Waals surface area contributed by atoms with Gasteiger partial charge in [0.2, 0.25) is 0 Å². The second-order valence-corrected chi connectivity index (χ2v) is 9.50. The van der Waals surface area contributed by atoms with Gasteiger partial charge in [-0.25, -0.2) is 9.37 Å². The maximum Gasteiger partial charge on any atom is 0.261 e. The molecule has 36 heavy (non-hydrogen) atoms. The summed E-state index contributed by atoms with van der Waals surface area (Å²) in [6.45, 7) is 1.28. The van der Waals surface area contributed by atoms with Crippen LogP contribution in [-0.2, 0) is 19.4 Å². The number of aryl methyl sites for hydroxylation is 2. The summed E-state index contributed by atoms with van der Waals surface area (Å²) in [6, 6.07) is 13.4. The molecule has 1 amide bonds. The predicted molar refractivity (Wildman–Crippen MR) is 137 cm³/mol. The number of hydrogen-bond donors (Lipinski definition) is 1. The van der Waals surface area contributed by atoms with Gasteiger partial charge < -0.3 is 4.90 Å². The molecule has 0 spiro atoms. The van der Waals surface area contributed by atoms with Gasteiger partial charge in [-0.2, -0.15) is 5.10 Å². The molecule has 7 nitrogen and oxygen atoms in total. The molecule has 5 rings (SSSR count). The molecule has 0 unspecified atom stereocenters. The van der Waals surface area contributed by atoms with Gasteiger partial charge in [0.15, 0.2) is 0 Å². The number of aromatic amines is 1. The molecule has 1 aliphatic heterocycles. The third-order valence-corrected chi connectivity index (χ3v) is 6.87. The maximum absolute atomic E-state index is 13.1. The number of rotatable bonds is 6. The number of amides is 1. The molecule has 4 aromatic rings. The standard InChI is InChI=1S/C28H30FN5O2/c1-33(15-6-7-22-18-24(32-31-22)19-9-12-21(29)13-10-19)27(35)20-11-14-23-25(17-20)30-26-8-4-2-3-5-16-34(26)28(23)36/h9-14,17-18H,2-8,15-16H2,1H3,(H,31,32). The Balaban J connectivity index is 1.24. The lowest BCUT2D eigenvalue weighted by molar-refractivity contribution is 0.0793. The van der Waals surface area contributed by atoms with Crippen molar-refractivity contribution in [2.45, 2.75) is 51.5 Å². The lowest BCUT2D eigenvalue weighted by Crippen LogP contribution is -2.29. The normalized spacial score (nSPS) is 13.7. The highest BCUT2D eigenvalue weighted by atomic mass is 19.1. The first kappa shape index (κ1) is 23.9. The zero-order valence-electron chi connectivity index (χ0n) is 20.5. The summed E-state index contributed by atoms with van der Waals surface area (Å²) in [5, 5.41) is 7.90. The number of benzene rings is 2. The van der Waals surface area contributed by atoms with Crippen molar-refractivity contribution in [1.29, 1.82) is 0 Å². The second-order valence-electron chi connectivity index (χ2n) is 9.50. The molecule has 2 aromatic heterocycles. The lowest BCUT2D eigenvalue weighted by Gasteiger charge is -2.18. The highest BCUT2D eigenvalue weighted by Crippen LogP contribution is 2.20. The summed E-state index contributed by atoms with van der Waals surface area (Å²) >= 11 is 0. The van der Waals surface area contributed by atoms with Crippen molar-refractivity contribution in [2.75, 3.05) is 13.6 Å². The van der Waals surface area contributed by atoms with Crippen molar-refractivity contribution < 1.29 is 9.18 Å². The first-order valence-electron chi connectivity index (χ1n) is 12.6. The number of carbonyl (C=O) groups excluding carboxylic acids is 1. The van der Waals surface area contributed by atoms with E-state index in [1.54, 1.807) is 42.3 Å². The van der Waals surface area contributed by atoms with Crippen LogP contribution in [0.3, 0.4) is 0 Å². The quantitative estimate of drug-likeness (QED) is 0.426. The van der Waals surface area contributed by atoms with Crippen molar-refractivity contribution in [3.05, 3.63) is 81.8 Å². The number of halogens is 1. The van der Waals surface area contributed by atoms with Gasteiger partial charge >= 0.3 is 0 Å². The summed E-state index contributed by atoms with van der Waals surface area (Å²) < 4.78 is 15.0. The fraction of sp³-hybridized carbons (Fsp3) is 0.357. The Labute approximate surface area is 209 Å². The predicted octanol–water partition coefficient (Wildman–Crippen LogP) is 4.75. The number of nitrogens with one attached hydrogen (secondary N) is 1. The van der Waals surface area contributed by atoms with Crippen LogP contribution in [0.1, 0.15) is 54.0 Å². The fourth-order valence-corrected chi connectivity index (χ4v) is 4.81. The molecule has 0 radical (unpaired) electrons. The van der Waals surface area contributed by atoms with Gasteiger partial charge in [0, 0.05) is 43.4 Å². The van der Waals surface area contributed by atoms with Crippen LogP contribution in [0.25, 0.3) is 22.2 Å². The molecular weight excluding hydrogens is 457 g/mol. The molecule has 0 atom stereocenters. The number of carbonyl (C=O) groups is 1. The van der Waals surface area contributed by atoms with Crippen molar-refractivity contribution in [2.24, 2.45) is 0 Å². The minimum absolute atomic E-state index is 0.0104. The summed E-state index contributed by atoms with van der Waals surface area (Å²) in [6.07, 6.45) is 6.60. The molecule has 2 aromatic carbocycles. The Hall–Kier alpha value is -3.81. The zero-order chi connectivity index (χ0) is 25.1. The minimum atomic E-state index is -0.276. The van der Waals surface area contributed by atoms with Crippen molar-refractivity contribution in [3.63, 3.8) is 0 Å². The third-order valence-electron chi connectivity index (χ3n) is 6.87. The Morgan fingerprint density at radius 2 is 1.89 bits per heavy atom. The molecule has 3 heterocycles. The summed E-state index contributed by atoms with van der Waals surface area (Å²) in [7, 11) is 1.78. The van der Waals surface area contributed by atoms with E-state index in [1.165, 1.54) is 12.1 Å². The highest BCUT2D eigenvalue weighted by molar-refractivity contribution is 5.97. The van der Waals surface area contributed by atoms with E-state index in [4.69, 9.17) is 4.98 Å². The van der Waals surface area contributed by atoms with Crippen LogP contribution in [0.2, 0.25) is 0 Å². The summed E-state index contributed by atoms with van der Waals surface area (Å²) in [4.78, 5) is 32.6. The van der Waals surface area contributed by atoms with Crippen LogP contribution in [0.4, 0.5) is 4.39 Å². The average molecular weight is 488 g/mol. The molecule has 0 bridgehead atoms. The van der Waals surface area contributed by atoms with E-state index < -0.39 is 0 Å². The fourth-order valence-electron chi connectivity index (χ4n) is 4.81. The Kier molecular flexibility index (Phi) is 6.93. The SMILES string of the molecule is CN(CCCc1cc(-c2ccc(F)cc2)n[nH]1)C(=O)c1ccc2c(=O)n3c(nc2c1)CCCCCC3. The number of nitrogens with zero attached hydrogens (tertiary/aromatic N) is 4. The molecule has 0 fully saturated rings. The maximum atomic E-state index is 13.1. The van der Waals surface area contributed by atoms with E-state index in [2.05, 4.69) is 10.2 Å². The number of H-pyrrole nitrogens is 1. The van der Waals surface area contributed by atoms with Gasteiger partial charge in [0.25, 0.3) is 11.5 Å². The van der Waals surface area contributed by atoms with Crippen molar-refractivity contribution in [1.82, 2.24) is 24.6 Å². The van der Waals surface area contributed by atoms with E-state index in [0.717, 1.165) is 67.7 Å². The Bertz CT molecular complexity index is 1440. The monoisotopic (exact) mass is 487 g/mol. The summed E-state index contributed by atoms with van der Waals surface area (Å²) in [5.41, 5.74) is 3.70. The highest BCUT2D eigenvalue weighted by Gasteiger charge is 2.17. The second kappa shape index (κ2) is 10.4. The molecule has 0 aliphatic carbocycles. The van der Waals surface area contributed by atoms with Gasteiger partial charge in [-0.15, -0.1) is 0 Å². The van der Waals surface area contributed by atoms with Crippen LogP contribution in [0, 0.1) is 5.82 Å².